The number of carbonyl (C=O) groups excluding carboxylic acids is 2. The second-order valence-electron chi connectivity index (χ2n) is 4.82. The van der Waals surface area contributed by atoms with Crippen LogP contribution < -0.4 is 5.32 Å². The van der Waals surface area contributed by atoms with E-state index < -0.39 is 0 Å². The quantitative estimate of drug-likeness (QED) is 0.775. The van der Waals surface area contributed by atoms with Gasteiger partial charge in [0.1, 0.15) is 0 Å². The van der Waals surface area contributed by atoms with Gasteiger partial charge in [-0.3, -0.25) is 14.6 Å². The van der Waals surface area contributed by atoms with Crippen LogP contribution in [0, 0.1) is 0 Å². The molecule has 0 aromatic carbocycles. The fourth-order valence-corrected chi connectivity index (χ4v) is 2.46. The predicted molar refractivity (Wildman–Crippen MR) is 64.6 cm³/mol. The average molecular weight is 239 g/mol. The number of nitrogens with zero attached hydrogens (tertiary/aromatic N) is 2. The molecular formula is C12H21N3O2. The van der Waals surface area contributed by atoms with E-state index >= 15 is 0 Å². The van der Waals surface area contributed by atoms with Gasteiger partial charge in [0.2, 0.25) is 5.91 Å². The number of urea groups is 1. The van der Waals surface area contributed by atoms with E-state index in [1.165, 1.54) is 37.0 Å². The number of hydrogen-bond acceptors (Lipinski definition) is 3. The average Bonchev–Trinajstić information content (AvgIpc) is 2.68. The Hall–Kier alpha value is -1.10. The third-order valence-corrected chi connectivity index (χ3v) is 3.47. The predicted octanol–water partition coefficient (Wildman–Crippen LogP) is 0.804. The largest absolute Gasteiger partial charge is 0.336 e. The summed E-state index contributed by atoms with van der Waals surface area (Å²) in [6, 6.07) is -0.234. The van der Waals surface area contributed by atoms with Gasteiger partial charge in [-0.1, -0.05) is 19.3 Å². The number of nitrogens with one attached hydrogen (secondary N) is 1. The maximum absolute atomic E-state index is 11.9. The van der Waals surface area contributed by atoms with Gasteiger partial charge >= 0.3 is 6.03 Å². The molecule has 0 aromatic rings. The molecule has 2 aliphatic rings. The third kappa shape index (κ3) is 3.43. The first-order chi connectivity index (χ1) is 8.27. The normalized spacial score (nSPS) is 23.1. The zero-order valence-corrected chi connectivity index (χ0v) is 10.3. The van der Waals surface area contributed by atoms with E-state index in [1.54, 1.807) is 0 Å². The smallest absolute Gasteiger partial charge is 0.324 e. The van der Waals surface area contributed by atoms with Crippen LogP contribution in [-0.4, -0.2) is 54.5 Å². The fraction of sp³-hybridized carbons (Fsp3) is 0.833. The molecule has 0 spiro atoms. The Morgan fingerprint density at radius 1 is 1.06 bits per heavy atom. The minimum Gasteiger partial charge on any atom is -0.336 e. The molecule has 1 N–H and O–H groups in total. The Labute approximate surface area is 102 Å². The first-order valence-corrected chi connectivity index (χ1v) is 6.58. The Kier molecular flexibility index (Phi) is 4.36. The van der Waals surface area contributed by atoms with Gasteiger partial charge < -0.3 is 5.32 Å². The summed E-state index contributed by atoms with van der Waals surface area (Å²) in [6.07, 6.45) is 6.17. The van der Waals surface area contributed by atoms with Gasteiger partial charge in [0.05, 0.1) is 6.54 Å². The lowest BCUT2D eigenvalue weighted by atomic mass is 10.1. The molecule has 2 saturated heterocycles. The van der Waals surface area contributed by atoms with Crippen molar-refractivity contribution in [3.05, 3.63) is 0 Å². The van der Waals surface area contributed by atoms with Crippen LogP contribution in [0.4, 0.5) is 4.79 Å². The van der Waals surface area contributed by atoms with Gasteiger partial charge in [-0.15, -0.1) is 0 Å². The van der Waals surface area contributed by atoms with Crippen LogP contribution in [0.15, 0.2) is 0 Å². The zero-order chi connectivity index (χ0) is 12.1. The number of carbonyl (C=O) groups is 2. The van der Waals surface area contributed by atoms with Crippen LogP contribution >= 0.6 is 0 Å². The van der Waals surface area contributed by atoms with Crippen molar-refractivity contribution in [1.29, 1.82) is 0 Å². The summed E-state index contributed by atoms with van der Waals surface area (Å²) >= 11 is 0. The summed E-state index contributed by atoms with van der Waals surface area (Å²) in [4.78, 5) is 26.8. The number of amides is 3. The Balaban J connectivity index is 1.81. The molecule has 0 saturated carbocycles. The second kappa shape index (κ2) is 6.00. The van der Waals surface area contributed by atoms with E-state index in [0.29, 0.717) is 19.6 Å². The lowest BCUT2D eigenvalue weighted by molar-refractivity contribution is -0.128. The molecule has 0 unspecified atom stereocenters. The summed E-state index contributed by atoms with van der Waals surface area (Å²) in [5.41, 5.74) is 0. The number of rotatable bonds is 2. The molecule has 2 aliphatic heterocycles. The highest BCUT2D eigenvalue weighted by Gasteiger charge is 2.27. The van der Waals surface area contributed by atoms with Gasteiger partial charge in [-0.25, -0.2) is 4.79 Å². The van der Waals surface area contributed by atoms with Gasteiger partial charge in [0.15, 0.2) is 0 Å². The second-order valence-corrected chi connectivity index (χ2v) is 4.82. The minimum absolute atomic E-state index is 0.0550. The first kappa shape index (κ1) is 12.4. The lowest BCUT2D eigenvalue weighted by Gasteiger charge is -2.25. The summed E-state index contributed by atoms with van der Waals surface area (Å²) in [7, 11) is 0. The van der Waals surface area contributed by atoms with Crippen molar-refractivity contribution in [3.63, 3.8) is 0 Å². The molecule has 0 aromatic heterocycles. The Morgan fingerprint density at radius 3 is 2.29 bits per heavy atom. The Morgan fingerprint density at radius 2 is 1.71 bits per heavy atom. The number of hydrogen-bond donors (Lipinski definition) is 1. The van der Waals surface area contributed by atoms with Gasteiger partial charge in [-0.2, -0.15) is 0 Å². The summed E-state index contributed by atoms with van der Waals surface area (Å²) < 4.78 is 0. The zero-order valence-electron chi connectivity index (χ0n) is 10.3. The molecular weight excluding hydrogens is 218 g/mol. The van der Waals surface area contributed by atoms with Crippen LogP contribution in [-0.2, 0) is 4.79 Å². The van der Waals surface area contributed by atoms with E-state index in [2.05, 4.69) is 10.2 Å². The number of imide groups is 1. The summed E-state index contributed by atoms with van der Waals surface area (Å²) in [6.45, 7) is 3.48. The van der Waals surface area contributed by atoms with Gasteiger partial charge in [0, 0.05) is 13.1 Å². The van der Waals surface area contributed by atoms with E-state index in [1.807, 2.05) is 0 Å². The summed E-state index contributed by atoms with van der Waals surface area (Å²) in [5.74, 6) is -0.0550. The SMILES string of the molecule is O=C(CN1CCCCCCC1)N1CCNC1=O. The van der Waals surface area contributed by atoms with Crippen molar-refractivity contribution < 1.29 is 9.59 Å². The first-order valence-electron chi connectivity index (χ1n) is 6.58. The molecule has 2 fully saturated rings. The molecule has 5 heteroatoms. The molecule has 0 bridgehead atoms. The number of likely N-dealkylation sites (tertiary alicyclic amines) is 1. The lowest BCUT2D eigenvalue weighted by Crippen LogP contribution is -2.42. The van der Waals surface area contributed by atoms with Crippen molar-refractivity contribution in [2.45, 2.75) is 32.1 Å². The monoisotopic (exact) mass is 239 g/mol. The van der Waals surface area contributed by atoms with E-state index in [9.17, 15) is 9.59 Å². The van der Waals surface area contributed by atoms with Crippen LogP contribution in [0.3, 0.4) is 0 Å². The van der Waals surface area contributed by atoms with Gasteiger partial charge in [-0.05, 0) is 25.9 Å². The molecule has 5 nitrogen and oxygen atoms in total. The van der Waals surface area contributed by atoms with Crippen molar-refractivity contribution >= 4 is 11.9 Å². The fourth-order valence-electron chi connectivity index (χ4n) is 2.46. The Bertz CT molecular complexity index is 285. The van der Waals surface area contributed by atoms with E-state index in [0.717, 1.165) is 13.1 Å². The molecule has 17 heavy (non-hydrogen) atoms. The molecule has 96 valence electrons. The highest BCUT2D eigenvalue weighted by Crippen LogP contribution is 2.10. The molecule has 0 atom stereocenters. The van der Waals surface area contributed by atoms with Crippen molar-refractivity contribution in [3.8, 4) is 0 Å². The minimum atomic E-state index is -0.234. The standard InChI is InChI=1S/C12H21N3O2/c16-11(15-9-6-13-12(15)17)10-14-7-4-2-1-3-5-8-14/h1-10H2,(H,13,17). The van der Waals surface area contributed by atoms with Crippen LogP contribution in [0.2, 0.25) is 0 Å². The van der Waals surface area contributed by atoms with Crippen molar-refractivity contribution in [2.75, 3.05) is 32.7 Å². The van der Waals surface area contributed by atoms with E-state index in [4.69, 9.17) is 0 Å². The molecule has 3 amide bonds. The van der Waals surface area contributed by atoms with Crippen LogP contribution in [0.25, 0.3) is 0 Å². The van der Waals surface area contributed by atoms with Crippen molar-refractivity contribution in [1.82, 2.24) is 15.1 Å². The highest BCUT2D eigenvalue weighted by molar-refractivity contribution is 5.96. The van der Waals surface area contributed by atoms with E-state index in [-0.39, 0.29) is 11.9 Å². The van der Waals surface area contributed by atoms with Crippen LogP contribution in [0.5, 0.6) is 0 Å². The third-order valence-electron chi connectivity index (χ3n) is 3.47. The molecule has 0 aliphatic carbocycles. The molecule has 2 rings (SSSR count). The molecule has 0 radical (unpaired) electrons. The van der Waals surface area contributed by atoms with Crippen molar-refractivity contribution in [2.24, 2.45) is 0 Å². The van der Waals surface area contributed by atoms with Crippen LogP contribution in [0.1, 0.15) is 32.1 Å². The topological polar surface area (TPSA) is 52.7 Å². The van der Waals surface area contributed by atoms with Gasteiger partial charge in [0.25, 0.3) is 0 Å². The molecule has 2 heterocycles. The highest BCUT2D eigenvalue weighted by atomic mass is 16.2. The maximum atomic E-state index is 11.9. The summed E-state index contributed by atoms with van der Waals surface area (Å²) in [5, 5.41) is 2.66. The maximum Gasteiger partial charge on any atom is 0.324 e.